The quantitative estimate of drug-likeness (QED) is 0.0576. The first-order valence-electron chi connectivity index (χ1n) is 18.0. The SMILES string of the molecule is COC(=O)CCCCCCCCCOc1ccc(CC(NC(=O)c2ccc(F)c(C(F)(F)F)c2)(c2cccc(OC(F)(F)F)c2)c2cccc(OC(F)(F)F)c2)cc1. The van der Waals surface area contributed by atoms with Gasteiger partial charge in [0.15, 0.2) is 0 Å². The molecule has 0 heterocycles. The van der Waals surface area contributed by atoms with Gasteiger partial charge in [-0.2, -0.15) is 13.2 Å². The van der Waals surface area contributed by atoms with Crippen molar-refractivity contribution in [3.8, 4) is 17.2 Å². The standard InChI is InChI=1S/C41H39F10NO6/c1-55-36(53)15-7-5-3-2-4-6-8-22-56-31-19-16-27(17-20-31)26-38(29-11-9-13-32(24-29)57-40(46,47)48,30-12-10-14-33(25-30)58-41(49,50)51)52-37(54)28-18-21-35(42)34(23-28)39(43,44)45/h9-14,16-21,23-25H,2-8,15,22,26H2,1H3,(H,52,54). The number of esters is 1. The molecule has 0 aliphatic heterocycles. The Balaban J connectivity index is 1.67. The molecule has 0 aromatic heterocycles. The van der Waals surface area contributed by atoms with Gasteiger partial charge in [0.05, 0.1) is 24.8 Å². The number of halogens is 10. The van der Waals surface area contributed by atoms with Crippen LogP contribution in [0, 0.1) is 5.82 Å². The summed E-state index contributed by atoms with van der Waals surface area (Å²) < 4.78 is 154. The van der Waals surface area contributed by atoms with Gasteiger partial charge in [-0.05, 0) is 84.1 Å². The van der Waals surface area contributed by atoms with Crippen LogP contribution in [0.1, 0.15) is 84.0 Å². The number of carbonyl (C=O) groups is 2. The maximum atomic E-state index is 14.2. The Morgan fingerprint density at radius 3 is 1.67 bits per heavy atom. The zero-order valence-corrected chi connectivity index (χ0v) is 31.0. The molecule has 0 aliphatic carbocycles. The Bertz CT molecular complexity index is 1900. The Hall–Kier alpha value is -5.48. The molecule has 4 rings (SSSR count). The van der Waals surface area contributed by atoms with Crippen LogP contribution in [0.4, 0.5) is 43.9 Å². The van der Waals surface area contributed by atoms with Crippen molar-refractivity contribution in [2.24, 2.45) is 0 Å². The van der Waals surface area contributed by atoms with E-state index in [-0.39, 0.29) is 23.2 Å². The average molecular weight is 832 g/mol. The highest BCUT2D eigenvalue weighted by atomic mass is 19.4. The lowest BCUT2D eigenvalue weighted by atomic mass is 9.77. The zero-order valence-electron chi connectivity index (χ0n) is 31.0. The molecule has 0 unspecified atom stereocenters. The first-order chi connectivity index (χ1) is 27.3. The maximum Gasteiger partial charge on any atom is 0.573 e. The number of methoxy groups -OCH3 is 1. The van der Waals surface area contributed by atoms with Gasteiger partial charge >= 0.3 is 24.9 Å². The molecule has 1 N–H and O–H groups in total. The fourth-order valence-corrected chi connectivity index (χ4v) is 6.18. The number of rotatable bonds is 19. The second-order valence-corrected chi connectivity index (χ2v) is 13.2. The lowest BCUT2D eigenvalue weighted by molar-refractivity contribution is -0.275. The highest BCUT2D eigenvalue weighted by molar-refractivity contribution is 5.95. The van der Waals surface area contributed by atoms with Gasteiger partial charge in [0.1, 0.15) is 23.1 Å². The van der Waals surface area contributed by atoms with Gasteiger partial charge in [-0.25, -0.2) is 4.39 Å². The minimum atomic E-state index is -5.22. The first-order valence-corrected chi connectivity index (χ1v) is 18.0. The molecule has 4 aromatic rings. The molecule has 1 amide bonds. The summed E-state index contributed by atoms with van der Waals surface area (Å²) in [5, 5.41) is 2.54. The highest BCUT2D eigenvalue weighted by Crippen LogP contribution is 2.39. The zero-order chi connectivity index (χ0) is 42.6. The minimum absolute atomic E-state index is 0.186. The van der Waals surface area contributed by atoms with E-state index in [2.05, 4.69) is 19.5 Å². The van der Waals surface area contributed by atoms with E-state index in [0.717, 1.165) is 87.4 Å². The van der Waals surface area contributed by atoms with E-state index in [1.165, 1.54) is 31.4 Å². The molecule has 7 nitrogen and oxygen atoms in total. The van der Waals surface area contributed by atoms with Gasteiger partial charge in [0.25, 0.3) is 5.91 Å². The van der Waals surface area contributed by atoms with E-state index in [0.29, 0.717) is 30.4 Å². The number of unbranched alkanes of at least 4 members (excludes halogenated alkanes) is 6. The molecule has 0 saturated heterocycles. The Morgan fingerprint density at radius 1 is 0.621 bits per heavy atom. The lowest BCUT2D eigenvalue weighted by Gasteiger charge is -2.37. The molecule has 314 valence electrons. The monoisotopic (exact) mass is 831 g/mol. The Morgan fingerprint density at radius 2 is 1.16 bits per heavy atom. The number of benzene rings is 4. The summed E-state index contributed by atoms with van der Waals surface area (Å²) in [6.07, 6.45) is -9.43. The molecule has 0 atom stereocenters. The van der Waals surface area contributed by atoms with Crippen LogP contribution in [0.25, 0.3) is 0 Å². The van der Waals surface area contributed by atoms with Crippen LogP contribution in [0.5, 0.6) is 17.2 Å². The Labute approximate surface area is 327 Å². The van der Waals surface area contributed by atoms with Crippen molar-refractivity contribution in [3.63, 3.8) is 0 Å². The van der Waals surface area contributed by atoms with Crippen molar-refractivity contribution in [2.45, 2.75) is 82.2 Å². The third kappa shape index (κ3) is 13.9. The third-order valence-electron chi connectivity index (χ3n) is 8.90. The van der Waals surface area contributed by atoms with Gasteiger partial charge in [-0.3, -0.25) is 9.59 Å². The number of carbonyl (C=O) groups excluding carboxylic acids is 2. The predicted octanol–water partition coefficient (Wildman–Crippen LogP) is 11.2. The van der Waals surface area contributed by atoms with Gasteiger partial charge in [0.2, 0.25) is 0 Å². The molecule has 17 heteroatoms. The van der Waals surface area contributed by atoms with E-state index >= 15 is 0 Å². The van der Waals surface area contributed by atoms with Crippen molar-refractivity contribution in [3.05, 3.63) is 125 Å². The summed E-state index contributed by atoms with van der Waals surface area (Å²) in [6.45, 7) is 0.358. The molecule has 0 spiro atoms. The normalized spacial score (nSPS) is 12.2. The smallest absolute Gasteiger partial charge is 0.494 e. The van der Waals surface area contributed by atoms with E-state index in [9.17, 15) is 53.5 Å². The number of alkyl halides is 9. The topological polar surface area (TPSA) is 83.1 Å². The molecule has 0 radical (unpaired) electrons. The summed E-state index contributed by atoms with van der Waals surface area (Å²) in [4.78, 5) is 25.1. The average Bonchev–Trinajstić information content (AvgIpc) is 3.14. The molecule has 0 bridgehead atoms. The van der Waals surface area contributed by atoms with Crippen LogP contribution in [-0.2, 0) is 27.7 Å². The fraction of sp³-hybridized carbons (Fsp3) is 0.366. The van der Waals surface area contributed by atoms with E-state index < -0.39 is 65.2 Å². The maximum absolute atomic E-state index is 14.2. The summed E-state index contributed by atoms with van der Waals surface area (Å²) in [7, 11) is 1.35. The lowest BCUT2D eigenvalue weighted by Crippen LogP contribution is -2.48. The molecular formula is C41H39F10NO6. The highest BCUT2D eigenvalue weighted by Gasteiger charge is 2.41. The van der Waals surface area contributed by atoms with Crippen LogP contribution >= 0.6 is 0 Å². The van der Waals surface area contributed by atoms with Crippen LogP contribution in [-0.4, -0.2) is 38.3 Å². The summed E-state index contributed by atoms with van der Waals surface area (Å²) >= 11 is 0. The molecule has 0 aliphatic rings. The predicted molar refractivity (Wildman–Crippen MR) is 190 cm³/mol. The van der Waals surface area contributed by atoms with Crippen molar-refractivity contribution < 1.29 is 72.4 Å². The largest absolute Gasteiger partial charge is 0.573 e. The van der Waals surface area contributed by atoms with Crippen LogP contribution < -0.4 is 19.5 Å². The van der Waals surface area contributed by atoms with Gasteiger partial charge in [0, 0.05) is 18.4 Å². The van der Waals surface area contributed by atoms with E-state index in [1.54, 1.807) is 12.1 Å². The summed E-state index contributed by atoms with van der Waals surface area (Å²) in [5.41, 5.74) is -4.66. The molecule has 4 aromatic carbocycles. The number of hydrogen-bond donors (Lipinski definition) is 1. The van der Waals surface area contributed by atoms with E-state index in [1.807, 2.05) is 0 Å². The first kappa shape index (κ1) is 45.2. The van der Waals surface area contributed by atoms with Gasteiger partial charge in [-0.15, -0.1) is 26.3 Å². The van der Waals surface area contributed by atoms with Crippen LogP contribution in [0.15, 0.2) is 91.0 Å². The summed E-state index contributed by atoms with van der Waals surface area (Å²) in [5.74, 6) is -4.34. The number of nitrogens with one attached hydrogen (secondary N) is 1. The minimum Gasteiger partial charge on any atom is -0.494 e. The number of ether oxygens (including phenoxy) is 4. The molecule has 0 fully saturated rings. The number of amides is 1. The summed E-state index contributed by atoms with van der Waals surface area (Å²) in [6, 6.07) is 15.9. The third-order valence-corrected chi connectivity index (χ3v) is 8.90. The Kier molecular flexibility index (Phi) is 15.4. The fourth-order valence-electron chi connectivity index (χ4n) is 6.18. The van der Waals surface area contributed by atoms with Gasteiger partial charge < -0.3 is 24.3 Å². The molecule has 58 heavy (non-hydrogen) atoms. The van der Waals surface area contributed by atoms with Gasteiger partial charge in [-0.1, -0.05) is 68.5 Å². The van der Waals surface area contributed by atoms with Crippen molar-refractivity contribution in [1.82, 2.24) is 5.32 Å². The van der Waals surface area contributed by atoms with Crippen LogP contribution in [0.2, 0.25) is 0 Å². The second kappa shape index (κ2) is 19.8. The van der Waals surface area contributed by atoms with Crippen molar-refractivity contribution in [1.29, 1.82) is 0 Å². The van der Waals surface area contributed by atoms with Crippen molar-refractivity contribution >= 4 is 11.9 Å². The number of hydrogen-bond acceptors (Lipinski definition) is 6. The van der Waals surface area contributed by atoms with Crippen molar-refractivity contribution in [2.75, 3.05) is 13.7 Å². The van der Waals surface area contributed by atoms with E-state index in [4.69, 9.17) is 4.74 Å². The molecule has 0 saturated carbocycles. The van der Waals surface area contributed by atoms with Crippen LogP contribution in [0.3, 0.4) is 0 Å². The molecular weight excluding hydrogens is 792 g/mol. The second-order valence-electron chi connectivity index (χ2n) is 13.2.